The molecular formula is C25H33Cl2N3O. The molecule has 1 aromatic heterocycles. The van der Waals surface area contributed by atoms with Crippen molar-refractivity contribution in [1.82, 2.24) is 14.7 Å². The topological polar surface area (TPSA) is 30.3 Å². The minimum atomic E-state index is 0. The molecule has 1 aliphatic rings. The molecule has 3 aromatic rings. The second-order valence-corrected chi connectivity index (χ2v) is 8.12. The summed E-state index contributed by atoms with van der Waals surface area (Å²) in [6.07, 6.45) is 6.07. The van der Waals surface area contributed by atoms with Crippen LogP contribution in [0.5, 0.6) is 5.88 Å². The number of likely N-dealkylation sites (tertiary alicyclic amines) is 1. The minimum Gasteiger partial charge on any atom is -0.471 e. The van der Waals surface area contributed by atoms with Crippen molar-refractivity contribution < 1.29 is 4.74 Å². The van der Waals surface area contributed by atoms with E-state index in [0.29, 0.717) is 24.6 Å². The van der Waals surface area contributed by atoms with Crippen LogP contribution >= 0.6 is 24.8 Å². The van der Waals surface area contributed by atoms with E-state index in [2.05, 4.69) is 66.0 Å². The zero-order valence-electron chi connectivity index (χ0n) is 18.3. The zero-order chi connectivity index (χ0) is 20.1. The highest BCUT2D eigenvalue weighted by Crippen LogP contribution is 2.29. The van der Waals surface area contributed by atoms with E-state index in [4.69, 9.17) is 9.84 Å². The fourth-order valence-electron chi connectivity index (χ4n) is 4.30. The average Bonchev–Trinajstić information content (AvgIpc) is 3.16. The van der Waals surface area contributed by atoms with Gasteiger partial charge in [0.05, 0.1) is 12.1 Å². The van der Waals surface area contributed by atoms with E-state index in [0.717, 1.165) is 29.8 Å². The first-order valence-electron chi connectivity index (χ1n) is 10.8. The third-order valence-electron chi connectivity index (χ3n) is 5.99. The molecule has 0 N–H and O–H groups in total. The molecule has 2 aromatic carbocycles. The van der Waals surface area contributed by atoms with E-state index < -0.39 is 0 Å². The highest BCUT2D eigenvalue weighted by molar-refractivity contribution is 5.85. The lowest BCUT2D eigenvalue weighted by atomic mass is 9.98. The molecule has 0 spiro atoms. The van der Waals surface area contributed by atoms with Crippen LogP contribution in [0.15, 0.2) is 66.9 Å². The van der Waals surface area contributed by atoms with Gasteiger partial charge < -0.3 is 4.74 Å². The maximum Gasteiger partial charge on any atom is 0.241 e. The molecule has 0 saturated carbocycles. The number of benzene rings is 2. The van der Waals surface area contributed by atoms with E-state index in [1.54, 1.807) is 0 Å². The van der Waals surface area contributed by atoms with Crippen molar-refractivity contribution in [2.45, 2.75) is 58.3 Å². The smallest absolute Gasteiger partial charge is 0.241 e. The summed E-state index contributed by atoms with van der Waals surface area (Å²) in [4.78, 5) is 2.62. The Balaban J connectivity index is 0.00000171. The van der Waals surface area contributed by atoms with Gasteiger partial charge in [-0.25, -0.2) is 0 Å². The number of ether oxygens (including phenoxy) is 1. The Hall–Kier alpha value is -2.01. The van der Waals surface area contributed by atoms with Crippen molar-refractivity contribution in [3.63, 3.8) is 0 Å². The van der Waals surface area contributed by atoms with Crippen molar-refractivity contribution in [2.75, 3.05) is 6.54 Å². The summed E-state index contributed by atoms with van der Waals surface area (Å²) < 4.78 is 8.20. The first kappa shape index (κ1) is 25.3. The largest absolute Gasteiger partial charge is 0.471 e. The van der Waals surface area contributed by atoms with E-state index in [1.807, 2.05) is 24.3 Å². The van der Waals surface area contributed by atoms with Gasteiger partial charge in [0.25, 0.3) is 0 Å². The first-order chi connectivity index (χ1) is 14.2. The van der Waals surface area contributed by atoms with Gasteiger partial charge in [-0.2, -0.15) is 0 Å². The van der Waals surface area contributed by atoms with Crippen molar-refractivity contribution in [1.29, 1.82) is 0 Å². The quantitative estimate of drug-likeness (QED) is 0.417. The highest BCUT2D eigenvalue weighted by atomic mass is 35.5. The molecule has 0 bridgehead atoms. The van der Waals surface area contributed by atoms with Crippen LogP contribution in [0.1, 0.15) is 38.7 Å². The van der Waals surface area contributed by atoms with E-state index in [9.17, 15) is 0 Å². The van der Waals surface area contributed by atoms with Gasteiger partial charge in [0.1, 0.15) is 6.61 Å². The zero-order valence-corrected chi connectivity index (χ0v) is 19.9. The Bertz CT molecular complexity index is 892. The molecule has 0 amide bonds. The molecule has 0 aliphatic carbocycles. The summed E-state index contributed by atoms with van der Waals surface area (Å²) >= 11 is 0. The molecule has 1 aliphatic heterocycles. The van der Waals surface area contributed by atoms with E-state index in [1.165, 1.54) is 19.3 Å². The van der Waals surface area contributed by atoms with Gasteiger partial charge in [-0.15, -0.1) is 29.9 Å². The number of hydrogen-bond donors (Lipinski definition) is 0. The van der Waals surface area contributed by atoms with Gasteiger partial charge in [0.15, 0.2) is 0 Å². The summed E-state index contributed by atoms with van der Waals surface area (Å²) in [5.41, 5.74) is 3.35. The predicted molar refractivity (Wildman–Crippen MR) is 132 cm³/mol. The highest BCUT2D eigenvalue weighted by Gasteiger charge is 2.24. The Morgan fingerprint density at radius 2 is 1.48 bits per heavy atom. The fraction of sp³-hybridized carbons (Fsp3) is 0.400. The molecule has 0 radical (unpaired) electrons. The molecule has 1 fully saturated rings. The summed E-state index contributed by atoms with van der Waals surface area (Å²) in [5, 5.41) is 4.80. The second kappa shape index (κ2) is 12.1. The van der Waals surface area contributed by atoms with Crippen LogP contribution in [0.3, 0.4) is 0 Å². The maximum absolute atomic E-state index is 6.15. The van der Waals surface area contributed by atoms with Gasteiger partial charge in [-0.05, 0) is 37.8 Å². The molecule has 31 heavy (non-hydrogen) atoms. The van der Waals surface area contributed by atoms with Crippen molar-refractivity contribution in [3.05, 3.63) is 72.4 Å². The monoisotopic (exact) mass is 461 g/mol. The van der Waals surface area contributed by atoms with Gasteiger partial charge in [-0.3, -0.25) is 9.58 Å². The van der Waals surface area contributed by atoms with Gasteiger partial charge in [-0.1, -0.05) is 67.1 Å². The number of halogens is 2. The van der Waals surface area contributed by atoms with Crippen LogP contribution in [0, 0.1) is 0 Å². The molecule has 168 valence electrons. The molecule has 2 atom stereocenters. The lowest BCUT2D eigenvalue weighted by molar-refractivity contribution is 0.0976. The number of nitrogens with zero attached hydrogens (tertiary/aromatic N) is 3. The number of rotatable bonds is 7. The standard InChI is InChI=1S/C25H31N3O.2ClH/c1-20-10-9-11-21(2)28(20)17-16-27-18-24(23-14-7-4-8-15-23)25(26-27)29-19-22-12-5-3-6-13-22;;/h3-8,12-15,18,20-21H,9-11,16-17,19H2,1-2H3;2*1H/t20-,21+;;. The van der Waals surface area contributed by atoms with Crippen LogP contribution in [0.25, 0.3) is 11.1 Å². The van der Waals surface area contributed by atoms with E-state index >= 15 is 0 Å². The third-order valence-corrected chi connectivity index (χ3v) is 5.99. The Kier molecular flexibility index (Phi) is 9.89. The normalized spacial score (nSPS) is 18.6. The van der Waals surface area contributed by atoms with Crippen LogP contribution in [0.4, 0.5) is 0 Å². The first-order valence-corrected chi connectivity index (χ1v) is 10.8. The Labute approximate surface area is 198 Å². The van der Waals surface area contributed by atoms with Crippen LogP contribution < -0.4 is 4.74 Å². The number of aromatic nitrogens is 2. The molecule has 2 heterocycles. The molecule has 4 nitrogen and oxygen atoms in total. The van der Waals surface area contributed by atoms with Crippen LogP contribution in [-0.2, 0) is 13.2 Å². The lowest BCUT2D eigenvalue weighted by Gasteiger charge is -2.38. The molecule has 4 rings (SSSR count). The maximum atomic E-state index is 6.15. The fourth-order valence-corrected chi connectivity index (χ4v) is 4.30. The Morgan fingerprint density at radius 3 is 2.13 bits per heavy atom. The third kappa shape index (κ3) is 6.49. The molecule has 1 saturated heterocycles. The SMILES string of the molecule is C[C@@H]1CCC[C@H](C)N1CCn1cc(-c2ccccc2)c(OCc2ccccc2)n1.Cl.Cl. The minimum absolute atomic E-state index is 0. The summed E-state index contributed by atoms with van der Waals surface area (Å²) in [6, 6.07) is 22.0. The molecule has 0 unspecified atom stereocenters. The lowest BCUT2D eigenvalue weighted by Crippen LogP contribution is -2.45. The summed E-state index contributed by atoms with van der Waals surface area (Å²) in [7, 11) is 0. The number of piperidine rings is 1. The van der Waals surface area contributed by atoms with Crippen molar-refractivity contribution >= 4 is 24.8 Å². The Morgan fingerprint density at radius 1 is 0.871 bits per heavy atom. The van der Waals surface area contributed by atoms with Crippen LogP contribution in [-0.4, -0.2) is 33.3 Å². The van der Waals surface area contributed by atoms with Gasteiger partial charge in [0, 0.05) is 24.8 Å². The molecular weight excluding hydrogens is 429 g/mol. The predicted octanol–water partition coefficient (Wildman–Crippen LogP) is 6.24. The summed E-state index contributed by atoms with van der Waals surface area (Å²) in [5.74, 6) is 0.708. The summed E-state index contributed by atoms with van der Waals surface area (Å²) in [6.45, 7) is 7.13. The number of hydrogen-bond acceptors (Lipinski definition) is 3. The molecule has 6 heteroatoms. The second-order valence-electron chi connectivity index (χ2n) is 8.12. The average molecular weight is 462 g/mol. The van der Waals surface area contributed by atoms with Crippen molar-refractivity contribution in [2.24, 2.45) is 0 Å². The van der Waals surface area contributed by atoms with Crippen LogP contribution in [0.2, 0.25) is 0 Å². The van der Waals surface area contributed by atoms with Gasteiger partial charge in [0.2, 0.25) is 5.88 Å². The van der Waals surface area contributed by atoms with Gasteiger partial charge >= 0.3 is 0 Å². The van der Waals surface area contributed by atoms with Crippen molar-refractivity contribution in [3.8, 4) is 17.0 Å². The van der Waals surface area contributed by atoms with E-state index in [-0.39, 0.29) is 24.8 Å².